The third-order valence-corrected chi connectivity index (χ3v) is 9.49. The molecule has 1 fully saturated rings. The number of nitrogens with two attached hydrogens (primary N) is 2. The van der Waals surface area contributed by atoms with E-state index in [1.807, 2.05) is 30.3 Å². The minimum Gasteiger partial charge on any atom is -0.480 e. The highest BCUT2D eigenvalue weighted by Crippen LogP contribution is 2.30. The van der Waals surface area contributed by atoms with Crippen LogP contribution < -0.4 is 20.9 Å². The number of benzene rings is 2. The zero-order valence-electron chi connectivity index (χ0n) is 21.7. The smallest absolute Gasteiger partial charge is 0.326 e. The number of rotatable bonds is 12. The monoisotopic (exact) mass is 631 g/mol. The number of halogens is 1. The second-order valence-electron chi connectivity index (χ2n) is 9.57. The number of aryl methyl sites for hydroxylation is 1. The molecule has 224 valence electrons. The maximum Gasteiger partial charge on any atom is 0.326 e. The van der Waals surface area contributed by atoms with Gasteiger partial charge in [-0.3, -0.25) is 14.9 Å². The lowest BCUT2D eigenvalue weighted by Gasteiger charge is -2.27. The van der Waals surface area contributed by atoms with Crippen LogP contribution in [0, 0.1) is 0 Å². The number of hydrogen-bond acceptors (Lipinski definition) is 9. The van der Waals surface area contributed by atoms with Crippen LogP contribution in [0.1, 0.15) is 25.3 Å². The van der Waals surface area contributed by atoms with Crippen molar-refractivity contribution in [1.82, 2.24) is 14.9 Å². The van der Waals surface area contributed by atoms with Gasteiger partial charge in [-0.25, -0.2) is 31.5 Å². The zero-order chi connectivity index (χ0) is 30.7. The van der Waals surface area contributed by atoms with E-state index in [-0.39, 0.29) is 25.1 Å². The second-order valence-corrected chi connectivity index (χ2v) is 13.2. The van der Waals surface area contributed by atoms with E-state index < -0.39 is 76.9 Å². The summed E-state index contributed by atoms with van der Waals surface area (Å²) >= 11 is 5.84. The topological polar surface area (TPSA) is 239 Å². The van der Waals surface area contributed by atoms with Crippen molar-refractivity contribution in [2.75, 3.05) is 12.3 Å². The fourth-order valence-corrected chi connectivity index (χ4v) is 7.10. The first-order chi connectivity index (χ1) is 19.0. The zero-order valence-corrected chi connectivity index (χ0v) is 24.1. The molecule has 1 saturated heterocycles. The molecule has 0 bridgehead atoms. The minimum absolute atomic E-state index is 0.158. The van der Waals surface area contributed by atoms with E-state index in [1.165, 1.54) is 6.92 Å². The van der Waals surface area contributed by atoms with Crippen LogP contribution in [0.2, 0.25) is 5.02 Å². The van der Waals surface area contributed by atoms with Crippen molar-refractivity contribution in [3.05, 3.63) is 53.1 Å². The standard InChI is InChI=1S/C24H30ClN5O9S2/c1-13(28-18(23(32)33)8-7-14-5-3-2-4-6-14)22(31)30-12-15(9-19(30)24(34)35)29-41(38,39)21-11-20(40(27,36)37)16(25)10-17(21)26/h2-6,10-11,13,15,18-19,28-29H,7-9,12,26H2,1H3,(H,32,33)(H,34,35)(H2,27,36,37)/t13-,15?,18-,19-/m0/s1. The lowest BCUT2D eigenvalue weighted by Crippen LogP contribution is -2.53. The molecule has 1 aliphatic rings. The van der Waals surface area contributed by atoms with Gasteiger partial charge in [0.15, 0.2) is 0 Å². The molecule has 2 aromatic carbocycles. The number of likely N-dealkylation sites (tertiary alicyclic amines) is 1. The molecule has 1 heterocycles. The van der Waals surface area contributed by atoms with Gasteiger partial charge in [0.05, 0.1) is 16.8 Å². The Hall–Kier alpha value is -3.28. The number of nitrogens with zero attached hydrogens (tertiary/aromatic N) is 1. The Bertz CT molecular complexity index is 1540. The Morgan fingerprint density at radius 3 is 2.29 bits per heavy atom. The van der Waals surface area contributed by atoms with E-state index in [0.29, 0.717) is 12.5 Å². The van der Waals surface area contributed by atoms with Crippen molar-refractivity contribution in [1.29, 1.82) is 0 Å². The Kier molecular flexibility index (Phi) is 9.99. The van der Waals surface area contributed by atoms with Crippen LogP contribution in [-0.2, 0) is 40.9 Å². The molecule has 0 radical (unpaired) electrons. The molecule has 1 unspecified atom stereocenters. The molecule has 1 amide bonds. The van der Waals surface area contributed by atoms with Gasteiger partial charge in [0.25, 0.3) is 0 Å². The third-order valence-electron chi connectivity index (χ3n) is 6.54. The van der Waals surface area contributed by atoms with Crippen molar-refractivity contribution in [3.63, 3.8) is 0 Å². The van der Waals surface area contributed by atoms with E-state index in [2.05, 4.69) is 10.0 Å². The third kappa shape index (κ3) is 7.93. The average molecular weight is 632 g/mol. The van der Waals surface area contributed by atoms with Gasteiger partial charge in [-0.2, -0.15) is 0 Å². The average Bonchev–Trinajstić information content (AvgIpc) is 3.28. The molecule has 0 aliphatic carbocycles. The van der Waals surface area contributed by atoms with Crippen LogP contribution >= 0.6 is 11.6 Å². The maximum atomic E-state index is 13.2. The molecule has 0 spiro atoms. The molecule has 3 rings (SSSR count). The summed E-state index contributed by atoms with van der Waals surface area (Å²) in [6, 6.07) is 5.97. The minimum atomic E-state index is -4.53. The highest BCUT2D eigenvalue weighted by atomic mass is 35.5. The predicted octanol–water partition coefficient (Wildman–Crippen LogP) is -0.0339. The number of nitrogens with one attached hydrogen (secondary N) is 2. The van der Waals surface area contributed by atoms with E-state index in [9.17, 15) is 41.4 Å². The molecular weight excluding hydrogens is 602 g/mol. The van der Waals surface area contributed by atoms with Gasteiger partial charge in [0, 0.05) is 12.6 Å². The molecule has 1 aliphatic heterocycles. The summed E-state index contributed by atoms with van der Waals surface area (Å²) in [4.78, 5) is 36.6. The normalized spacial score (nSPS) is 19.0. The highest BCUT2D eigenvalue weighted by Gasteiger charge is 2.43. The Balaban J connectivity index is 1.76. The first kappa shape index (κ1) is 32.2. The van der Waals surface area contributed by atoms with Crippen LogP contribution in [0.25, 0.3) is 0 Å². The van der Waals surface area contributed by atoms with Crippen molar-refractivity contribution < 1.29 is 41.4 Å². The van der Waals surface area contributed by atoms with Gasteiger partial charge in [-0.15, -0.1) is 0 Å². The second kappa shape index (κ2) is 12.7. The predicted molar refractivity (Wildman–Crippen MR) is 148 cm³/mol. The number of carboxylic acids is 2. The number of primary sulfonamides is 1. The molecule has 14 nitrogen and oxygen atoms in total. The Morgan fingerprint density at radius 2 is 1.73 bits per heavy atom. The molecule has 17 heteroatoms. The van der Waals surface area contributed by atoms with Crippen molar-refractivity contribution in [2.24, 2.45) is 5.14 Å². The summed E-state index contributed by atoms with van der Waals surface area (Å²) in [5, 5.41) is 26.8. The molecule has 41 heavy (non-hydrogen) atoms. The van der Waals surface area contributed by atoms with Crippen LogP contribution in [0.15, 0.2) is 52.3 Å². The summed E-state index contributed by atoms with van der Waals surface area (Å²) in [5.41, 5.74) is 6.28. The number of sulfonamides is 2. The first-order valence-electron chi connectivity index (χ1n) is 12.2. The quantitative estimate of drug-likeness (QED) is 0.170. The lowest BCUT2D eigenvalue weighted by molar-refractivity contribution is -0.149. The summed E-state index contributed by atoms with van der Waals surface area (Å²) < 4.78 is 52.1. The molecular formula is C24H30ClN5O9S2. The van der Waals surface area contributed by atoms with E-state index in [0.717, 1.165) is 16.5 Å². The van der Waals surface area contributed by atoms with E-state index >= 15 is 0 Å². The number of carbonyl (C=O) groups excluding carboxylic acids is 1. The Labute approximate surface area is 241 Å². The molecule has 8 N–H and O–H groups in total. The van der Waals surface area contributed by atoms with Gasteiger partial charge in [0.2, 0.25) is 26.0 Å². The molecule has 0 aromatic heterocycles. The van der Waals surface area contributed by atoms with Crippen LogP contribution in [0.4, 0.5) is 5.69 Å². The summed E-state index contributed by atoms with van der Waals surface area (Å²) in [5.74, 6) is -3.33. The van der Waals surface area contributed by atoms with Gasteiger partial charge in [0.1, 0.15) is 21.9 Å². The van der Waals surface area contributed by atoms with E-state index in [4.69, 9.17) is 22.5 Å². The van der Waals surface area contributed by atoms with Gasteiger partial charge in [-0.1, -0.05) is 41.9 Å². The first-order valence-corrected chi connectivity index (χ1v) is 15.6. The van der Waals surface area contributed by atoms with Crippen molar-refractivity contribution in [3.8, 4) is 0 Å². The summed E-state index contributed by atoms with van der Waals surface area (Å²) in [7, 11) is -8.94. The lowest BCUT2D eigenvalue weighted by atomic mass is 10.0. The van der Waals surface area contributed by atoms with E-state index in [1.54, 1.807) is 0 Å². The number of nitrogen functional groups attached to an aromatic ring is 1. The van der Waals surface area contributed by atoms with Crippen LogP contribution in [0.3, 0.4) is 0 Å². The SMILES string of the molecule is C[C@H](N[C@@H](CCc1ccccc1)C(=O)O)C(=O)N1CC(NS(=O)(=O)c2cc(S(N)(=O)=O)c(Cl)cc2N)C[C@H]1C(=O)O. The molecule has 0 saturated carbocycles. The van der Waals surface area contributed by atoms with Crippen LogP contribution in [-0.4, -0.2) is 80.5 Å². The number of anilines is 1. The summed E-state index contributed by atoms with van der Waals surface area (Å²) in [6.07, 6.45) is 0.252. The van der Waals surface area contributed by atoms with Crippen LogP contribution in [0.5, 0.6) is 0 Å². The van der Waals surface area contributed by atoms with Gasteiger partial charge < -0.3 is 20.8 Å². The number of aliphatic carboxylic acids is 2. The fourth-order valence-electron chi connectivity index (χ4n) is 4.54. The summed E-state index contributed by atoms with van der Waals surface area (Å²) in [6.45, 7) is 1.03. The number of carboxylic acid groups (broad SMARTS) is 2. The highest BCUT2D eigenvalue weighted by molar-refractivity contribution is 7.90. The number of carbonyl (C=O) groups is 3. The Morgan fingerprint density at radius 1 is 1.10 bits per heavy atom. The van der Waals surface area contributed by atoms with Crippen molar-refractivity contribution in [2.45, 2.75) is 60.1 Å². The molecule has 2 aromatic rings. The van der Waals surface area contributed by atoms with Gasteiger partial charge >= 0.3 is 11.9 Å². The largest absolute Gasteiger partial charge is 0.480 e. The number of hydrogen-bond donors (Lipinski definition) is 6. The van der Waals surface area contributed by atoms with Gasteiger partial charge in [-0.05, 0) is 43.9 Å². The fraction of sp³-hybridized carbons (Fsp3) is 0.375. The molecule has 4 atom stereocenters. The number of amides is 1. The van der Waals surface area contributed by atoms with Crippen molar-refractivity contribution >= 4 is 55.2 Å². The maximum absolute atomic E-state index is 13.2.